The zero-order valence-electron chi connectivity index (χ0n) is 15.0. The molecule has 1 atom stereocenters. The number of nitrogens with zero attached hydrogens (tertiary/aromatic N) is 3. The highest BCUT2D eigenvalue weighted by molar-refractivity contribution is 5.94. The second-order valence-electron chi connectivity index (χ2n) is 7.47. The van der Waals surface area contributed by atoms with Crippen molar-refractivity contribution in [3.8, 4) is 0 Å². The van der Waals surface area contributed by atoms with Crippen molar-refractivity contribution in [1.29, 1.82) is 0 Å². The number of rotatable bonds is 3. The van der Waals surface area contributed by atoms with Crippen molar-refractivity contribution in [2.24, 2.45) is 5.92 Å². The van der Waals surface area contributed by atoms with Gasteiger partial charge in [0.05, 0.1) is 5.56 Å². The summed E-state index contributed by atoms with van der Waals surface area (Å²) in [6.45, 7) is 7.92. The fourth-order valence-corrected chi connectivity index (χ4v) is 3.93. The summed E-state index contributed by atoms with van der Waals surface area (Å²) < 4.78 is 26.8. The number of likely N-dealkylation sites (N-methyl/N-ethyl adjacent to an activating group) is 1. The molecule has 0 spiro atoms. The van der Waals surface area contributed by atoms with Crippen LogP contribution in [-0.4, -0.2) is 73.0 Å². The van der Waals surface area contributed by atoms with E-state index in [1.165, 1.54) is 6.07 Å². The first kappa shape index (κ1) is 18.3. The Bertz CT molecular complexity index is 617. The molecule has 6 heteroatoms. The van der Waals surface area contributed by atoms with Gasteiger partial charge in [-0.1, -0.05) is 0 Å². The van der Waals surface area contributed by atoms with E-state index in [4.69, 9.17) is 0 Å². The molecule has 3 rings (SSSR count). The number of benzene rings is 1. The van der Waals surface area contributed by atoms with Crippen LogP contribution in [0.5, 0.6) is 0 Å². The fourth-order valence-electron chi connectivity index (χ4n) is 3.93. The lowest BCUT2D eigenvalue weighted by molar-refractivity contribution is 0.0553. The lowest BCUT2D eigenvalue weighted by Crippen LogP contribution is -2.52. The first-order chi connectivity index (χ1) is 11.9. The zero-order chi connectivity index (χ0) is 18.0. The van der Waals surface area contributed by atoms with Gasteiger partial charge in [0.1, 0.15) is 11.6 Å². The van der Waals surface area contributed by atoms with E-state index >= 15 is 0 Å². The van der Waals surface area contributed by atoms with Crippen LogP contribution in [0.3, 0.4) is 0 Å². The molecular weight excluding hydrogens is 324 g/mol. The normalized spacial score (nSPS) is 23.8. The maximum absolute atomic E-state index is 13.8. The van der Waals surface area contributed by atoms with Crippen LogP contribution in [0.25, 0.3) is 0 Å². The lowest BCUT2D eigenvalue weighted by Gasteiger charge is -2.41. The number of likely N-dealkylation sites (tertiary alicyclic amines) is 1. The molecule has 25 heavy (non-hydrogen) atoms. The summed E-state index contributed by atoms with van der Waals surface area (Å²) in [4.78, 5) is 19.1. The molecule has 0 radical (unpaired) electrons. The second-order valence-corrected chi connectivity index (χ2v) is 7.47. The quantitative estimate of drug-likeness (QED) is 0.837. The molecule has 1 aromatic rings. The average Bonchev–Trinajstić information content (AvgIpc) is 2.57. The molecule has 4 nitrogen and oxygen atoms in total. The van der Waals surface area contributed by atoms with E-state index in [1.807, 2.05) is 0 Å². The van der Waals surface area contributed by atoms with Crippen molar-refractivity contribution in [2.75, 3.05) is 46.3 Å². The van der Waals surface area contributed by atoms with Gasteiger partial charge in [0, 0.05) is 51.4 Å². The maximum atomic E-state index is 13.8. The van der Waals surface area contributed by atoms with Gasteiger partial charge in [0.25, 0.3) is 5.91 Å². The molecule has 2 fully saturated rings. The summed E-state index contributed by atoms with van der Waals surface area (Å²) in [5.74, 6) is -1.19. The Hall–Kier alpha value is -1.53. The molecule has 2 heterocycles. The SMILES string of the molecule is CC1CN(C)CCN1CC1CCN(C(=O)c2ccc(F)cc2F)CC1. The van der Waals surface area contributed by atoms with Gasteiger partial charge in [-0.3, -0.25) is 9.69 Å². The summed E-state index contributed by atoms with van der Waals surface area (Å²) in [5, 5.41) is 0. The molecule has 0 bridgehead atoms. The van der Waals surface area contributed by atoms with Crippen molar-refractivity contribution in [3.63, 3.8) is 0 Å². The minimum absolute atomic E-state index is 0.0347. The predicted octanol–water partition coefficient (Wildman–Crippen LogP) is 2.45. The molecule has 1 unspecified atom stereocenters. The van der Waals surface area contributed by atoms with Crippen LogP contribution in [0.1, 0.15) is 30.1 Å². The molecule has 1 aromatic carbocycles. The van der Waals surface area contributed by atoms with Gasteiger partial charge in [-0.2, -0.15) is 0 Å². The standard InChI is InChI=1S/C19H27F2N3O/c1-14-12-22(2)9-10-24(14)13-15-5-7-23(8-6-15)19(25)17-4-3-16(20)11-18(17)21/h3-4,11,14-15H,5-10,12-13H2,1-2H3. The smallest absolute Gasteiger partial charge is 0.256 e. The third kappa shape index (κ3) is 4.36. The summed E-state index contributed by atoms with van der Waals surface area (Å²) >= 11 is 0. The molecule has 0 saturated carbocycles. The summed E-state index contributed by atoms with van der Waals surface area (Å²) in [6.07, 6.45) is 1.88. The Morgan fingerprint density at radius 3 is 2.52 bits per heavy atom. The van der Waals surface area contributed by atoms with E-state index in [1.54, 1.807) is 4.90 Å². The van der Waals surface area contributed by atoms with E-state index < -0.39 is 11.6 Å². The topological polar surface area (TPSA) is 26.8 Å². The van der Waals surface area contributed by atoms with Gasteiger partial charge >= 0.3 is 0 Å². The highest BCUT2D eigenvalue weighted by atomic mass is 19.1. The highest BCUT2D eigenvalue weighted by Gasteiger charge is 2.29. The van der Waals surface area contributed by atoms with E-state index in [0.29, 0.717) is 25.0 Å². The van der Waals surface area contributed by atoms with Gasteiger partial charge in [-0.05, 0) is 44.9 Å². The number of piperidine rings is 1. The molecule has 138 valence electrons. The van der Waals surface area contributed by atoms with E-state index in [-0.39, 0.29) is 11.5 Å². The third-order valence-electron chi connectivity index (χ3n) is 5.52. The number of carbonyl (C=O) groups excluding carboxylic acids is 1. The van der Waals surface area contributed by atoms with Gasteiger partial charge in [0.15, 0.2) is 0 Å². The summed E-state index contributed by atoms with van der Waals surface area (Å²) in [6, 6.07) is 3.71. The highest BCUT2D eigenvalue weighted by Crippen LogP contribution is 2.23. The Morgan fingerprint density at radius 1 is 1.16 bits per heavy atom. The second kappa shape index (κ2) is 7.79. The van der Waals surface area contributed by atoms with Crippen LogP contribution >= 0.6 is 0 Å². The van der Waals surface area contributed by atoms with Crippen LogP contribution < -0.4 is 0 Å². The first-order valence-corrected chi connectivity index (χ1v) is 9.11. The first-order valence-electron chi connectivity index (χ1n) is 9.11. The number of halogens is 2. The number of hydrogen-bond donors (Lipinski definition) is 0. The number of carbonyl (C=O) groups is 1. The Kier molecular flexibility index (Phi) is 5.69. The van der Waals surface area contributed by atoms with Crippen molar-refractivity contribution < 1.29 is 13.6 Å². The van der Waals surface area contributed by atoms with Gasteiger partial charge in [0.2, 0.25) is 0 Å². The molecule has 0 aliphatic carbocycles. The van der Waals surface area contributed by atoms with Crippen LogP contribution in [0, 0.1) is 17.6 Å². The number of hydrogen-bond acceptors (Lipinski definition) is 3. The monoisotopic (exact) mass is 351 g/mol. The van der Waals surface area contributed by atoms with Crippen LogP contribution in [0.4, 0.5) is 8.78 Å². The molecule has 0 aromatic heterocycles. The average molecular weight is 351 g/mol. The van der Waals surface area contributed by atoms with Crippen LogP contribution in [0.15, 0.2) is 18.2 Å². The largest absolute Gasteiger partial charge is 0.339 e. The molecule has 2 aliphatic heterocycles. The Balaban J connectivity index is 1.52. The predicted molar refractivity (Wildman–Crippen MR) is 93.5 cm³/mol. The molecule has 2 aliphatic rings. The van der Waals surface area contributed by atoms with E-state index in [2.05, 4.69) is 23.8 Å². The number of piperazine rings is 1. The fraction of sp³-hybridized carbons (Fsp3) is 0.632. The maximum Gasteiger partial charge on any atom is 0.256 e. The summed E-state index contributed by atoms with van der Waals surface area (Å²) in [7, 11) is 2.16. The van der Waals surface area contributed by atoms with Crippen LogP contribution in [-0.2, 0) is 0 Å². The zero-order valence-corrected chi connectivity index (χ0v) is 15.0. The van der Waals surface area contributed by atoms with Crippen molar-refractivity contribution in [1.82, 2.24) is 14.7 Å². The van der Waals surface area contributed by atoms with Gasteiger partial charge in [-0.15, -0.1) is 0 Å². The molecule has 1 amide bonds. The Labute approximate surface area is 148 Å². The van der Waals surface area contributed by atoms with Crippen molar-refractivity contribution in [3.05, 3.63) is 35.4 Å². The minimum Gasteiger partial charge on any atom is -0.339 e. The Morgan fingerprint density at radius 2 is 1.88 bits per heavy atom. The summed E-state index contributed by atoms with van der Waals surface area (Å²) in [5.41, 5.74) is -0.0347. The minimum atomic E-state index is -0.779. The van der Waals surface area contributed by atoms with Gasteiger partial charge < -0.3 is 9.80 Å². The third-order valence-corrected chi connectivity index (χ3v) is 5.52. The molecule has 0 N–H and O–H groups in total. The molecular formula is C19H27F2N3O. The van der Waals surface area contributed by atoms with Crippen molar-refractivity contribution in [2.45, 2.75) is 25.8 Å². The van der Waals surface area contributed by atoms with Crippen LogP contribution in [0.2, 0.25) is 0 Å². The molecule has 2 saturated heterocycles. The number of amides is 1. The van der Waals surface area contributed by atoms with Crippen molar-refractivity contribution >= 4 is 5.91 Å². The lowest BCUT2D eigenvalue weighted by atomic mass is 9.94. The van der Waals surface area contributed by atoms with E-state index in [9.17, 15) is 13.6 Å². The van der Waals surface area contributed by atoms with Gasteiger partial charge in [-0.25, -0.2) is 8.78 Å². The van der Waals surface area contributed by atoms with E-state index in [0.717, 1.165) is 51.2 Å².